The topological polar surface area (TPSA) is 30.5 Å². The molecule has 0 atom stereocenters. The molecule has 1 saturated carbocycles. The second-order valence-corrected chi connectivity index (χ2v) is 6.91. The van der Waals surface area contributed by atoms with E-state index >= 15 is 0 Å². The predicted molar refractivity (Wildman–Crippen MR) is 89.8 cm³/mol. The van der Waals surface area contributed by atoms with Crippen LogP contribution in [0, 0.1) is 5.92 Å². The lowest BCUT2D eigenvalue weighted by atomic mass is 9.77. The zero-order valence-electron chi connectivity index (χ0n) is 14.7. The van der Waals surface area contributed by atoms with Gasteiger partial charge in [0.2, 0.25) is 0 Å². The lowest BCUT2D eigenvalue weighted by molar-refractivity contribution is -0.0937. The first kappa shape index (κ1) is 18.9. The van der Waals surface area contributed by atoms with Gasteiger partial charge < -0.3 is 14.8 Å². The molecule has 0 unspecified atom stereocenters. The van der Waals surface area contributed by atoms with Crippen molar-refractivity contribution in [3.8, 4) is 0 Å². The normalized spacial score (nSPS) is 26.4. The van der Waals surface area contributed by atoms with E-state index in [-0.39, 0.29) is 5.60 Å². The summed E-state index contributed by atoms with van der Waals surface area (Å²) in [5.41, 5.74) is 0.0457. The van der Waals surface area contributed by atoms with Crippen LogP contribution in [0.2, 0.25) is 0 Å². The molecule has 1 rings (SSSR count). The number of ether oxygens (including phenoxy) is 2. The summed E-state index contributed by atoms with van der Waals surface area (Å²) in [6.45, 7) is 12.2. The van der Waals surface area contributed by atoms with Gasteiger partial charge in [-0.2, -0.15) is 0 Å². The molecule has 0 spiro atoms. The van der Waals surface area contributed by atoms with E-state index in [1.165, 1.54) is 38.5 Å². The molecule has 0 saturated heterocycles. The van der Waals surface area contributed by atoms with Crippen LogP contribution in [0.3, 0.4) is 0 Å². The summed E-state index contributed by atoms with van der Waals surface area (Å²) in [5.74, 6) is 0.919. The van der Waals surface area contributed by atoms with Crippen LogP contribution in [0.15, 0.2) is 0 Å². The summed E-state index contributed by atoms with van der Waals surface area (Å²) in [6, 6.07) is 0.523. The highest BCUT2D eigenvalue weighted by Crippen LogP contribution is 2.36. The fraction of sp³-hybridized carbons (Fsp3) is 1.00. The Kier molecular flexibility index (Phi) is 9.54. The predicted octanol–water partition coefficient (Wildman–Crippen LogP) is 4.16. The molecule has 3 heteroatoms. The van der Waals surface area contributed by atoms with Crippen molar-refractivity contribution >= 4 is 0 Å². The third kappa shape index (κ3) is 7.62. The summed E-state index contributed by atoms with van der Waals surface area (Å²) in [5, 5.41) is 3.59. The second-order valence-electron chi connectivity index (χ2n) is 6.91. The van der Waals surface area contributed by atoms with Gasteiger partial charge in [0.05, 0.1) is 18.8 Å². The first-order valence-electron chi connectivity index (χ1n) is 9.07. The van der Waals surface area contributed by atoms with Gasteiger partial charge in [0.15, 0.2) is 0 Å². The SMILES string of the molecule is CCCOCCOC1(CNC(C)C)CCC(CCC)CC1. The quantitative estimate of drug-likeness (QED) is 0.581. The maximum atomic E-state index is 6.31. The summed E-state index contributed by atoms with van der Waals surface area (Å²) < 4.78 is 11.9. The van der Waals surface area contributed by atoms with Crippen LogP contribution in [0.1, 0.15) is 72.6 Å². The fourth-order valence-electron chi connectivity index (χ4n) is 3.23. The molecule has 0 aromatic carbocycles. The summed E-state index contributed by atoms with van der Waals surface area (Å²) in [6.07, 6.45) is 8.82. The number of rotatable bonds is 11. The van der Waals surface area contributed by atoms with Crippen molar-refractivity contribution in [3.05, 3.63) is 0 Å². The molecule has 3 nitrogen and oxygen atoms in total. The molecular formula is C18H37NO2. The highest BCUT2D eigenvalue weighted by atomic mass is 16.5. The van der Waals surface area contributed by atoms with Gasteiger partial charge in [-0.3, -0.25) is 0 Å². The Hall–Kier alpha value is -0.120. The Balaban J connectivity index is 2.40. The molecule has 0 radical (unpaired) electrons. The van der Waals surface area contributed by atoms with Crippen LogP contribution in [0.4, 0.5) is 0 Å². The largest absolute Gasteiger partial charge is 0.379 e. The van der Waals surface area contributed by atoms with Gasteiger partial charge in [-0.25, -0.2) is 0 Å². The van der Waals surface area contributed by atoms with E-state index in [9.17, 15) is 0 Å². The maximum absolute atomic E-state index is 6.31. The van der Waals surface area contributed by atoms with E-state index < -0.39 is 0 Å². The first-order chi connectivity index (χ1) is 10.1. The first-order valence-corrected chi connectivity index (χ1v) is 9.07. The van der Waals surface area contributed by atoms with Crippen LogP contribution in [0.25, 0.3) is 0 Å². The Morgan fingerprint density at radius 1 is 1.05 bits per heavy atom. The lowest BCUT2D eigenvalue weighted by Gasteiger charge is -2.41. The summed E-state index contributed by atoms with van der Waals surface area (Å²) in [7, 11) is 0. The van der Waals surface area contributed by atoms with E-state index in [0.29, 0.717) is 6.04 Å². The maximum Gasteiger partial charge on any atom is 0.0807 e. The lowest BCUT2D eigenvalue weighted by Crippen LogP contribution is -2.48. The molecule has 0 amide bonds. The van der Waals surface area contributed by atoms with Crippen LogP contribution >= 0.6 is 0 Å². The third-order valence-electron chi connectivity index (χ3n) is 4.53. The Morgan fingerprint density at radius 2 is 1.76 bits per heavy atom. The molecule has 1 aliphatic carbocycles. The molecule has 0 aromatic heterocycles. The molecule has 0 heterocycles. The van der Waals surface area contributed by atoms with Crippen molar-refractivity contribution in [2.24, 2.45) is 5.92 Å². The molecule has 0 aliphatic heterocycles. The van der Waals surface area contributed by atoms with Gasteiger partial charge in [-0.05, 0) is 38.0 Å². The molecule has 1 aliphatic rings. The second kappa shape index (κ2) is 10.6. The van der Waals surface area contributed by atoms with Gasteiger partial charge >= 0.3 is 0 Å². The average Bonchev–Trinajstić information content (AvgIpc) is 2.48. The highest BCUT2D eigenvalue weighted by molar-refractivity contribution is 4.89. The highest BCUT2D eigenvalue weighted by Gasteiger charge is 2.35. The number of hydrogen-bond acceptors (Lipinski definition) is 3. The van der Waals surface area contributed by atoms with Gasteiger partial charge in [-0.15, -0.1) is 0 Å². The summed E-state index contributed by atoms with van der Waals surface area (Å²) >= 11 is 0. The van der Waals surface area contributed by atoms with Gasteiger partial charge in [0.25, 0.3) is 0 Å². The van der Waals surface area contributed by atoms with Gasteiger partial charge in [0, 0.05) is 19.2 Å². The van der Waals surface area contributed by atoms with Crippen LogP contribution in [0.5, 0.6) is 0 Å². The zero-order chi connectivity index (χ0) is 15.6. The zero-order valence-corrected chi connectivity index (χ0v) is 14.7. The summed E-state index contributed by atoms with van der Waals surface area (Å²) in [4.78, 5) is 0. The molecule has 126 valence electrons. The fourth-order valence-corrected chi connectivity index (χ4v) is 3.23. The Labute approximate surface area is 132 Å². The molecule has 21 heavy (non-hydrogen) atoms. The smallest absolute Gasteiger partial charge is 0.0807 e. The van der Waals surface area contributed by atoms with Crippen LogP contribution in [-0.2, 0) is 9.47 Å². The van der Waals surface area contributed by atoms with Gasteiger partial charge in [0.1, 0.15) is 0 Å². The van der Waals surface area contributed by atoms with Crippen molar-refractivity contribution in [2.45, 2.75) is 84.3 Å². The van der Waals surface area contributed by atoms with Crippen molar-refractivity contribution in [3.63, 3.8) is 0 Å². The standard InChI is InChI=1S/C18H37NO2/c1-5-7-17-8-10-18(11-9-17,15-19-16(3)4)21-14-13-20-12-6-2/h16-17,19H,5-15H2,1-4H3. The number of nitrogens with one attached hydrogen (secondary N) is 1. The van der Waals surface area contributed by atoms with Crippen LogP contribution in [-0.4, -0.2) is 38.0 Å². The van der Waals surface area contributed by atoms with Crippen LogP contribution < -0.4 is 5.32 Å². The van der Waals surface area contributed by atoms with Crippen molar-refractivity contribution in [1.29, 1.82) is 0 Å². The van der Waals surface area contributed by atoms with Crippen molar-refractivity contribution in [1.82, 2.24) is 5.32 Å². The van der Waals surface area contributed by atoms with E-state index in [1.807, 2.05) is 0 Å². The monoisotopic (exact) mass is 299 g/mol. The minimum absolute atomic E-state index is 0.0457. The Morgan fingerprint density at radius 3 is 2.33 bits per heavy atom. The van der Waals surface area contributed by atoms with Crippen molar-refractivity contribution in [2.75, 3.05) is 26.4 Å². The average molecular weight is 299 g/mol. The molecular weight excluding hydrogens is 262 g/mol. The molecule has 0 bridgehead atoms. The van der Waals surface area contributed by atoms with E-state index in [0.717, 1.165) is 38.7 Å². The minimum atomic E-state index is 0.0457. The Bertz CT molecular complexity index is 248. The molecule has 0 aromatic rings. The number of hydrogen-bond donors (Lipinski definition) is 1. The van der Waals surface area contributed by atoms with Crippen molar-refractivity contribution < 1.29 is 9.47 Å². The minimum Gasteiger partial charge on any atom is -0.379 e. The van der Waals surface area contributed by atoms with E-state index in [2.05, 4.69) is 33.0 Å². The van der Waals surface area contributed by atoms with E-state index in [4.69, 9.17) is 9.47 Å². The third-order valence-corrected chi connectivity index (χ3v) is 4.53. The molecule has 1 fully saturated rings. The molecule has 1 N–H and O–H groups in total. The van der Waals surface area contributed by atoms with Gasteiger partial charge in [-0.1, -0.05) is 40.5 Å². The van der Waals surface area contributed by atoms with E-state index in [1.54, 1.807) is 0 Å².